The van der Waals surface area contributed by atoms with Gasteiger partial charge >= 0.3 is 5.69 Å². The van der Waals surface area contributed by atoms with E-state index in [0.717, 1.165) is 11.8 Å². The molecule has 1 saturated heterocycles. The fourth-order valence-electron chi connectivity index (χ4n) is 1.74. The third-order valence-electron chi connectivity index (χ3n) is 2.64. The molecule has 1 aromatic heterocycles. The Morgan fingerprint density at radius 1 is 1.47 bits per heavy atom. The van der Waals surface area contributed by atoms with Crippen LogP contribution < -0.4 is 5.69 Å². The topological polar surface area (TPSA) is 98.5 Å². The molecule has 2 rings (SSSR count). The summed E-state index contributed by atoms with van der Waals surface area (Å²) in [5.41, 5.74) is -0.445. The smallest absolute Gasteiger partial charge is 0.327 e. The summed E-state index contributed by atoms with van der Waals surface area (Å²) in [6.45, 7) is -0.253. The van der Waals surface area contributed by atoms with Gasteiger partial charge in [-0.1, -0.05) is 12.2 Å². The van der Waals surface area contributed by atoms with Crippen LogP contribution in [-0.2, 0) is 0 Å². The van der Waals surface area contributed by atoms with Crippen molar-refractivity contribution in [2.75, 3.05) is 6.61 Å². The minimum Gasteiger partial charge on any atom is -0.395 e. The zero-order valence-corrected chi connectivity index (χ0v) is 10.3. The number of nitrogens with one attached hydrogen (secondary N) is 1. The van der Waals surface area contributed by atoms with Crippen molar-refractivity contribution in [2.45, 2.75) is 22.8 Å². The van der Waals surface area contributed by atoms with Crippen molar-refractivity contribution < 1.29 is 15.3 Å². The number of hydrogen-bond donors (Lipinski definition) is 4. The molecule has 0 bridgehead atoms. The first-order valence-corrected chi connectivity index (χ1v) is 6.33. The summed E-state index contributed by atoms with van der Waals surface area (Å²) in [6, 6.07) is 1.53. The summed E-state index contributed by atoms with van der Waals surface area (Å²) in [5, 5.41) is 27.4. The molecule has 17 heavy (non-hydrogen) atoms. The first-order valence-electron chi connectivity index (χ1n) is 4.98. The molecule has 94 valence electrons. The Bertz CT molecular complexity index is 514. The summed E-state index contributed by atoms with van der Waals surface area (Å²) in [7, 11) is 0. The van der Waals surface area contributed by atoms with Gasteiger partial charge in [0.1, 0.15) is 16.1 Å². The molecule has 0 saturated carbocycles. The SMILES string of the molecule is O=c1[nH]c(=S)ccn1[C@@H]1S[C@H](CO)[C@@H](O)[C@H]1O. The molecule has 0 unspecified atom stereocenters. The average molecular weight is 276 g/mol. The number of nitrogens with zero attached hydrogens (tertiary/aromatic N) is 1. The van der Waals surface area contributed by atoms with Gasteiger partial charge in [-0.3, -0.25) is 9.55 Å². The van der Waals surface area contributed by atoms with Crippen molar-refractivity contribution in [3.63, 3.8) is 0 Å². The standard InChI is InChI=1S/C9H12N2O4S2/c12-3-4-6(13)7(14)8(17-4)11-2-1-5(16)10-9(11)15/h1-2,4,6-8,12-14H,3H2,(H,10,15,16)/t4-,6-,7-,8-/m1/s1. The number of thioether (sulfide) groups is 1. The second-order valence-corrected chi connectivity index (χ2v) is 5.55. The fourth-order valence-corrected chi connectivity index (χ4v) is 3.27. The largest absolute Gasteiger partial charge is 0.395 e. The molecule has 4 N–H and O–H groups in total. The van der Waals surface area contributed by atoms with Crippen LogP contribution >= 0.6 is 24.0 Å². The summed E-state index contributed by atoms with van der Waals surface area (Å²) in [4.78, 5) is 14.1. The van der Waals surface area contributed by atoms with Crippen LogP contribution in [0.25, 0.3) is 0 Å². The molecule has 0 amide bonds. The number of aromatic amines is 1. The lowest BCUT2D eigenvalue weighted by Gasteiger charge is -2.17. The van der Waals surface area contributed by atoms with E-state index in [4.69, 9.17) is 17.3 Å². The van der Waals surface area contributed by atoms with E-state index in [1.807, 2.05) is 0 Å². The van der Waals surface area contributed by atoms with E-state index in [1.165, 1.54) is 16.8 Å². The third kappa shape index (κ3) is 2.31. The van der Waals surface area contributed by atoms with Gasteiger partial charge in [-0.15, -0.1) is 11.8 Å². The van der Waals surface area contributed by atoms with Crippen LogP contribution in [0.4, 0.5) is 0 Å². The molecule has 0 radical (unpaired) electrons. The highest BCUT2D eigenvalue weighted by atomic mass is 32.2. The van der Waals surface area contributed by atoms with Crippen molar-refractivity contribution in [1.29, 1.82) is 0 Å². The van der Waals surface area contributed by atoms with Crippen molar-refractivity contribution in [2.24, 2.45) is 0 Å². The van der Waals surface area contributed by atoms with Crippen LogP contribution in [0.1, 0.15) is 5.37 Å². The number of hydrogen-bond acceptors (Lipinski definition) is 6. The van der Waals surface area contributed by atoms with Gasteiger partial charge in [-0.05, 0) is 6.07 Å². The summed E-state index contributed by atoms with van der Waals surface area (Å²) in [5.74, 6) is 0. The first-order chi connectivity index (χ1) is 8.04. The van der Waals surface area contributed by atoms with E-state index in [1.54, 1.807) is 0 Å². The van der Waals surface area contributed by atoms with Crippen LogP contribution in [0.15, 0.2) is 17.1 Å². The highest BCUT2D eigenvalue weighted by Gasteiger charge is 2.43. The zero-order valence-electron chi connectivity index (χ0n) is 8.68. The Morgan fingerprint density at radius 3 is 2.71 bits per heavy atom. The molecule has 0 spiro atoms. The van der Waals surface area contributed by atoms with E-state index in [2.05, 4.69) is 4.98 Å². The van der Waals surface area contributed by atoms with E-state index < -0.39 is 28.5 Å². The lowest BCUT2D eigenvalue weighted by molar-refractivity contribution is 0.0101. The molecule has 4 atom stereocenters. The van der Waals surface area contributed by atoms with E-state index in [9.17, 15) is 15.0 Å². The van der Waals surface area contributed by atoms with Crippen LogP contribution in [0, 0.1) is 4.64 Å². The van der Waals surface area contributed by atoms with Crippen molar-refractivity contribution in [3.8, 4) is 0 Å². The predicted molar refractivity (Wildman–Crippen MR) is 65.4 cm³/mol. The van der Waals surface area contributed by atoms with Gasteiger partial charge in [0.2, 0.25) is 0 Å². The third-order valence-corrected chi connectivity index (χ3v) is 4.44. The normalized spacial score (nSPS) is 32.9. The van der Waals surface area contributed by atoms with Gasteiger partial charge < -0.3 is 15.3 Å². The molecule has 1 aliphatic heterocycles. The Morgan fingerprint density at radius 2 is 2.18 bits per heavy atom. The Labute approximate surface area is 106 Å². The van der Waals surface area contributed by atoms with Crippen LogP contribution in [0.2, 0.25) is 0 Å². The number of aliphatic hydroxyl groups excluding tert-OH is 3. The molecule has 6 nitrogen and oxygen atoms in total. The average Bonchev–Trinajstić information content (AvgIpc) is 2.57. The molecular formula is C9H12N2O4S2. The molecule has 8 heteroatoms. The lowest BCUT2D eigenvalue weighted by atomic mass is 10.1. The van der Waals surface area contributed by atoms with Gasteiger partial charge in [-0.2, -0.15) is 0 Å². The molecule has 0 aliphatic carbocycles. The van der Waals surface area contributed by atoms with Crippen molar-refractivity contribution in [3.05, 3.63) is 27.4 Å². The zero-order chi connectivity index (χ0) is 12.6. The number of aromatic nitrogens is 2. The molecule has 1 aliphatic rings. The Hall–Kier alpha value is -0.670. The van der Waals surface area contributed by atoms with E-state index in [0.29, 0.717) is 4.64 Å². The second-order valence-electron chi connectivity index (χ2n) is 3.75. The van der Waals surface area contributed by atoms with Crippen LogP contribution in [0.5, 0.6) is 0 Å². The Kier molecular flexibility index (Phi) is 3.69. The molecule has 1 aromatic rings. The van der Waals surface area contributed by atoms with Crippen molar-refractivity contribution in [1.82, 2.24) is 9.55 Å². The monoisotopic (exact) mass is 276 g/mol. The maximum Gasteiger partial charge on any atom is 0.327 e. The summed E-state index contributed by atoms with van der Waals surface area (Å²) >= 11 is 5.96. The highest BCUT2D eigenvalue weighted by Crippen LogP contribution is 2.40. The minimum atomic E-state index is -1.10. The van der Waals surface area contributed by atoms with Gasteiger partial charge in [0.15, 0.2) is 0 Å². The van der Waals surface area contributed by atoms with Gasteiger partial charge in [-0.25, -0.2) is 4.79 Å². The van der Waals surface area contributed by atoms with E-state index in [-0.39, 0.29) is 6.61 Å². The minimum absolute atomic E-state index is 0.253. The maximum absolute atomic E-state index is 11.6. The highest BCUT2D eigenvalue weighted by molar-refractivity contribution is 8.00. The van der Waals surface area contributed by atoms with Crippen LogP contribution in [-0.4, -0.2) is 48.9 Å². The number of H-pyrrole nitrogens is 1. The number of rotatable bonds is 2. The fraction of sp³-hybridized carbons (Fsp3) is 0.556. The Balaban J connectivity index is 2.35. The lowest BCUT2D eigenvalue weighted by Crippen LogP contribution is -2.35. The van der Waals surface area contributed by atoms with Gasteiger partial charge in [0.05, 0.1) is 18.0 Å². The molecule has 1 fully saturated rings. The molecule has 2 heterocycles. The first kappa shape index (κ1) is 12.8. The molecule has 0 aromatic carbocycles. The van der Waals surface area contributed by atoms with Gasteiger partial charge in [0, 0.05) is 6.20 Å². The second kappa shape index (κ2) is 4.91. The maximum atomic E-state index is 11.6. The quantitative estimate of drug-likeness (QED) is 0.530. The summed E-state index contributed by atoms with van der Waals surface area (Å²) < 4.78 is 1.58. The van der Waals surface area contributed by atoms with Gasteiger partial charge in [0.25, 0.3) is 0 Å². The summed E-state index contributed by atoms with van der Waals surface area (Å²) in [6.07, 6.45) is -0.682. The van der Waals surface area contributed by atoms with E-state index >= 15 is 0 Å². The number of aliphatic hydroxyl groups is 3. The predicted octanol–water partition coefficient (Wildman–Crippen LogP) is -0.766. The van der Waals surface area contributed by atoms with Crippen LogP contribution in [0.3, 0.4) is 0 Å². The molecular weight excluding hydrogens is 264 g/mol. The van der Waals surface area contributed by atoms with Crippen molar-refractivity contribution >= 4 is 24.0 Å².